The van der Waals surface area contributed by atoms with Crippen molar-refractivity contribution in [2.24, 2.45) is 5.92 Å². The van der Waals surface area contributed by atoms with Gasteiger partial charge in [-0.05, 0) is 31.0 Å². The summed E-state index contributed by atoms with van der Waals surface area (Å²) in [6.07, 6.45) is 4.28. The molecular weight excluding hydrogens is 422 g/mol. The molecule has 2 aromatic rings. The van der Waals surface area contributed by atoms with Crippen molar-refractivity contribution >= 4 is 23.5 Å². The number of ketones is 1. The fourth-order valence-corrected chi connectivity index (χ4v) is 4.90. The highest BCUT2D eigenvalue weighted by Crippen LogP contribution is 2.43. The summed E-state index contributed by atoms with van der Waals surface area (Å²) in [5.41, 5.74) is -0.264. The van der Waals surface area contributed by atoms with Gasteiger partial charge in [-0.15, -0.1) is 0 Å². The number of nitrogens with zero attached hydrogens (tertiary/aromatic N) is 3. The van der Waals surface area contributed by atoms with Crippen molar-refractivity contribution in [3.63, 3.8) is 0 Å². The molecule has 8 heteroatoms. The molecule has 8 nitrogen and oxygen atoms in total. The highest BCUT2D eigenvalue weighted by Gasteiger charge is 2.54. The minimum atomic E-state index is -1.32. The number of hydrogen-bond donors (Lipinski definition) is 0. The molecule has 0 bridgehead atoms. The second-order valence-electron chi connectivity index (χ2n) is 8.68. The van der Waals surface area contributed by atoms with Crippen molar-refractivity contribution in [1.29, 1.82) is 0 Å². The molecule has 2 fully saturated rings. The van der Waals surface area contributed by atoms with Gasteiger partial charge in [-0.3, -0.25) is 29.1 Å². The topological polar surface area (TPSA) is 96.9 Å². The quantitative estimate of drug-likeness (QED) is 0.496. The maximum Gasteiger partial charge on any atom is 0.240 e. The first-order valence-electron chi connectivity index (χ1n) is 11.0. The van der Waals surface area contributed by atoms with E-state index in [1.165, 1.54) is 14.2 Å². The van der Waals surface area contributed by atoms with Crippen LogP contribution in [0, 0.1) is 5.92 Å². The lowest BCUT2D eigenvalue weighted by Crippen LogP contribution is -2.47. The summed E-state index contributed by atoms with van der Waals surface area (Å²) in [7, 11) is 2.94. The molecule has 0 aliphatic carbocycles. The molecule has 0 spiro atoms. The summed E-state index contributed by atoms with van der Waals surface area (Å²) in [5.74, 6) is -0.886. The molecular formula is C25H27N3O5. The van der Waals surface area contributed by atoms with Gasteiger partial charge in [-0.1, -0.05) is 18.2 Å². The number of amides is 3. The molecule has 172 valence electrons. The van der Waals surface area contributed by atoms with E-state index in [4.69, 9.17) is 4.74 Å². The normalized spacial score (nSPS) is 23.0. The molecule has 0 saturated carbocycles. The Morgan fingerprint density at radius 3 is 2.64 bits per heavy atom. The largest absolute Gasteiger partial charge is 0.496 e. The molecule has 1 aromatic carbocycles. The number of ether oxygens (including phenoxy) is 1. The molecule has 3 amide bonds. The van der Waals surface area contributed by atoms with Crippen LogP contribution in [0.1, 0.15) is 41.6 Å². The number of carbonyl (C=O) groups excluding carboxylic acids is 4. The minimum absolute atomic E-state index is 0.0353. The lowest BCUT2D eigenvalue weighted by molar-refractivity contribution is -0.142. The number of pyridine rings is 1. The molecule has 2 aliphatic heterocycles. The van der Waals surface area contributed by atoms with Crippen LogP contribution in [0.5, 0.6) is 5.75 Å². The van der Waals surface area contributed by atoms with Crippen LogP contribution in [0.2, 0.25) is 0 Å². The molecule has 2 atom stereocenters. The monoisotopic (exact) mass is 449 g/mol. The second kappa shape index (κ2) is 9.13. The lowest BCUT2D eigenvalue weighted by atomic mass is 9.75. The number of carbonyl (C=O) groups is 4. The van der Waals surface area contributed by atoms with Gasteiger partial charge in [0.2, 0.25) is 17.7 Å². The summed E-state index contributed by atoms with van der Waals surface area (Å²) in [4.78, 5) is 59.0. The van der Waals surface area contributed by atoms with Crippen LogP contribution in [0.25, 0.3) is 0 Å². The number of aromatic nitrogens is 1. The van der Waals surface area contributed by atoms with Crippen LogP contribution in [-0.4, -0.2) is 65.5 Å². The van der Waals surface area contributed by atoms with E-state index in [9.17, 15) is 19.2 Å². The number of benzene rings is 1. The van der Waals surface area contributed by atoms with Crippen LogP contribution in [0.3, 0.4) is 0 Å². The predicted molar refractivity (Wildman–Crippen MR) is 120 cm³/mol. The van der Waals surface area contributed by atoms with Gasteiger partial charge in [0, 0.05) is 62.4 Å². The highest BCUT2D eigenvalue weighted by atomic mass is 16.5. The zero-order chi connectivity index (χ0) is 23.6. The maximum absolute atomic E-state index is 13.5. The molecule has 2 saturated heterocycles. The summed E-state index contributed by atoms with van der Waals surface area (Å²) >= 11 is 0. The van der Waals surface area contributed by atoms with E-state index in [1.54, 1.807) is 53.7 Å². The van der Waals surface area contributed by atoms with E-state index in [-0.39, 0.29) is 42.9 Å². The number of methoxy groups -OCH3 is 1. The number of likely N-dealkylation sites (tertiary alicyclic amines) is 2. The average molecular weight is 450 g/mol. The highest BCUT2D eigenvalue weighted by molar-refractivity contribution is 6.11. The van der Waals surface area contributed by atoms with Gasteiger partial charge in [-0.2, -0.15) is 0 Å². The Balaban J connectivity index is 1.60. The Hall–Kier alpha value is -3.55. The van der Waals surface area contributed by atoms with Gasteiger partial charge in [0.25, 0.3) is 0 Å². The SMILES string of the molecule is COc1ccccc1[C@@]1(CC(=O)N2CCC[C@H](C(=O)c3cccnc3)C2)CC(=O)N(C)C1=O. The Morgan fingerprint density at radius 1 is 1.18 bits per heavy atom. The molecule has 3 heterocycles. The van der Waals surface area contributed by atoms with Gasteiger partial charge in [-0.25, -0.2) is 0 Å². The van der Waals surface area contributed by atoms with Crippen molar-refractivity contribution in [1.82, 2.24) is 14.8 Å². The van der Waals surface area contributed by atoms with Crippen LogP contribution in [0.4, 0.5) is 0 Å². The van der Waals surface area contributed by atoms with E-state index in [2.05, 4.69) is 4.98 Å². The van der Waals surface area contributed by atoms with Gasteiger partial charge >= 0.3 is 0 Å². The number of hydrogen-bond acceptors (Lipinski definition) is 6. The van der Waals surface area contributed by atoms with Gasteiger partial charge < -0.3 is 9.64 Å². The van der Waals surface area contributed by atoms with Crippen molar-refractivity contribution in [3.05, 3.63) is 59.9 Å². The Labute approximate surface area is 192 Å². The summed E-state index contributed by atoms with van der Waals surface area (Å²) in [5, 5.41) is 0. The molecule has 2 aliphatic rings. The Morgan fingerprint density at radius 2 is 1.97 bits per heavy atom. The molecule has 0 unspecified atom stereocenters. The summed E-state index contributed by atoms with van der Waals surface area (Å²) in [6.45, 7) is 0.794. The van der Waals surface area contributed by atoms with Gasteiger partial charge in [0.15, 0.2) is 5.78 Å². The molecule has 1 aromatic heterocycles. The number of para-hydroxylation sites is 1. The third kappa shape index (κ3) is 4.13. The molecule has 33 heavy (non-hydrogen) atoms. The summed E-state index contributed by atoms with van der Waals surface area (Å²) < 4.78 is 5.47. The first-order chi connectivity index (χ1) is 15.9. The van der Waals surface area contributed by atoms with Crippen molar-refractivity contribution < 1.29 is 23.9 Å². The predicted octanol–water partition coefficient (Wildman–Crippen LogP) is 2.23. The first kappa shape index (κ1) is 22.6. The van der Waals surface area contributed by atoms with Crippen LogP contribution >= 0.6 is 0 Å². The second-order valence-corrected chi connectivity index (χ2v) is 8.68. The Kier molecular flexibility index (Phi) is 6.26. The van der Waals surface area contributed by atoms with Crippen LogP contribution in [-0.2, 0) is 19.8 Å². The third-order valence-corrected chi connectivity index (χ3v) is 6.71. The zero-order valence-electron chi connectivity index (χ0n) is 18.8. The van der Waals surface area contributed by atoms with Gasteiger partial charge in [0.1, 0.15) is 5.75 Å². The standard InChI is InChI=1S/C25H27N3O5/c1-27-21(29)13-25(24(27)32,19-9-3-4-10-20(19)33-2)14-22(30)28-12-6-8-18(16-28)23(31)17-7-5-11-26-15-17/h3-5,7,9-11,15,18H,6,8,12-14,16H2,1-2H3/t18-,25-/m0/s1. The number of rotatable bonds is 6. The van der Waals surface area contributed by atoms with E-state index in [1.807, 2.05) is 0 Å². The lowest BCUT2D eigenvalue weighted by Gasteiger charge is -2.35. The van der Waals surface area contributed by atoms with Gasteiger partial charge in [0.05, 0.1) is 12.5 Å². The van der Waals surface area contributed by atoms with E-state index in [0.717, 1.165) is 4.90 Å². The molecule has 0 N–H and O–H groups in total. The number of likely N-dealkylation sites (N-methyl/N-ethyl adjacent to an activating group) is 1. The van der Waals surface area contributed by atoms with E-state index in [0.29, 0.717) is 36.3 Å². The Bertz CT molecular complexity index is 1090. The van der Waals surface area contributed by atoms with Crippen LogP contribution in [0.15, 0.2) is 48.8 Å². The van der Waals surface area contributed by atoms with Crippen molar-refractivity contribution in [3.8, 4) is 5.75 Å². The van der Waals surface area contributed by atoms with E-state index >= 15 is 0 Å². The fourth-order valence-electron chi connectivity index (χ4n) is 4.90. The minimum Gasteiger partial charge on any atom is -0.496 e. The maximum atomic E-state index is 13.5. The van der Waals surface area contributed by atoms with Crippen molar-refractivity contribution in [2.75, 3.05) is 27.2 Å². The number of piperidine rings is 1. The molecule has 4 rings (SSSR count). The van der Waals surface area contributed by atoms with Crippen molar-refractivity contribution in [2.45, 2.75) is 31.1 Å². The zero-order valence-corrected chi connectivity index (χ0v) is 18.8. The van der Waals surface area contributed by atoms with E-state index < -0.39 is 11.3 Å². The summed E-state index contributed by atoms with van der Waals surface area (Å²) in [6, 6.07) is 10.5. The first-order valence-corrected chi connectivity index (χ1v) is 11.0. The third-order valence-electron chi connectivity index (χ3n) is 6.71. The number of imide groups is 1. The fraction of sp³-hybridized carbons (Fsp3) is 0.400. The smallest absolute Gasteiger partial charge is 0.240 e. The average Bonchev–Trinajstić information content (AvgIpc) is 3.08. The number of Topliss-reactive ketones (excluding diaryl/α,β-unsaturated/α-hetero) is 1. The molecule has 0 radical (unpaired) electrons. The van der Waals surface area contributed by atoms with Crippen LogP contribution < -0.4 is 4.74 Å².